The lowest BCUT2D eigenvalue weighted by molar-refractivity contribution is -0.114. The summed E-state index contributed by atoms with van der Waals surface area (Å²) in [5.41, 5.74) is 0.848. The molecule has 8 heteroatoms. The molecular weight excluding hydrogens is 271 g/mol. The molecule has 2 aromatic heterocycles. The van der Waals surface area contributed by atoms with Crippen LogP contribution in [0.3, 0.4) is 0 Å². The minimum Gasteiger partial charge on any atom is -0.316 e. The van der Waals surface area contributed by atoms with Gasteiger partial charge in [0.15, 0.2) is 26.8 Å². The maximum atomic E-state index is 10.8. The summed E-state index contributed by atoms with van der Waals surface area (Å²) in [6.45, 7) is 1.51. The van der Waals surface area contributed by atoms with Crippen molar-refractivity contribution in [2.45, 2.75) is 12.1 Å². The van der Waals surface area contributed by atoms with E-state index in [1.54, 1.807) is 0 Å². The van der Waals surface area contributed by atoms with Gasteiger partial charge in [-0.25, -0.2) is 15.0 Å². The number of Topliss-reactive ketones (excluding diaryl/α,β-unsaturated/α-hetero) is 1. The smallest absolute Gasteiger partial charge is 0.199 e. The van der Waals surface area contributed by atoms with Crippen LogP contribution in [0.4, 0.5) is 0 Å². The molecule has 0 aliphatic heterocycles. The topological polar surface area (TPSA) is 71.5 Å². The molecule has 0 aliphatic carbocycles. The number of hydrogen-bond donors (Lipinski definition) is 1. The summed E-state index contributed by atoms with van der Waals surface area (Å²) in [7, 11) is 0. The van der Waals surface area contributed by atoms with E-state index >= 15 is 0 Å². The number of hydrogen-bond acceptors (Lipinski definition) is 5. The molecule has 0 saturated carbocycles. The Balaban J connectivity index is 2.33. The number of nitrogens with zero attached hydrogens (tertiary/aromatic N) is 3. The summed E-state index contributed by atoms with van der Waals surface area (Å²) in [6, 6.07) is 0. The Morgan fingerprint density at radius 1 is 1.31 bits per heavy atom. The molecule has 0 fully saturated rings. The van der Waals surface area contributed by atoms with Gasteiger partial charge < -0.3 is 4.98 Å². The minimum absolute atomic E-state index is 0.0717. The molecule has 0 atom stereocenters. The van der Waals surface area contributed by atoms with Gasteiger partial charge >= 0.3 is 0 Å². The lowest BCUT2D eigenvalue weighted by Crippen LogP contribution is -1.93. The van der Waals surface area contributed by atoms with E-state index in [2.05, 4.69) is 19.9 Å². The number of thioether (sulfide) groups is 1. The number of nitrogens with one attached hydrogen (secondary N) is 1. The van der Waals surface area contributed by atoms with Crippen molar-refractivity contribution in [1.29, 1.82) is 0 Å². The molecule has 0 bridgehead atoms. The molecule has 0 spiro atoms. The largest absolute Gasteiger partial charge is 0.316 e. The third-order valence-corrected chi connectivity index (χ3v) is 3.28. The number of rotatable bonds is 3. The van der Waals surface area contributed by atoms with Crippen molar-refractivity contribution >= 4 is 52.0 Å². The highest BCUT2D eigenvalue weighted by Crippen LogP contribution is 2.22. The fraction of sp³-hybridized carbons (Fsp3) is 0.250. The van der Waals surface area contributed by atoms with E-state index < -0.39 is 0 Å². The van der Waals surface area contributed by atoms with Crippen molar-refractivity contribution in [3.05, 3.63) is 10.3 Å². The Hall–Kier alpha value is -0.850. The maximum Gasteiger partial charge on any atom is 0.199 e. The van der Waals surface area contributed by atoms with Crippen LogP contribution in [0.5, 0.6) is 0 Å². The van der Waals surface area contributed by atoms with Crippen molar-refractivity contribution in [3.63, 3.8) is 0 Å². The normalized spacial score (nSPS) is 10.9. The molecule has 1 N–H and O–H groups in total. The first-order valence-corrected chi connectivity index (χ1v) is 6.01. The standard InChI is InChI=1S/C8H6Cl2N4OS/c1-3(15)2-16-8-13-6-7(14-8)12-5(10)4(9)11-6/h2H2,1H3,(H,11,12,13,14). The lowest BCUT2D eigenvalue weighted by atomic mass is 10.5. The molecule has 5 nitrogen and oxygen atoms in total. The van der Waals surface area contributed by atoms with E-state index in [1.807, 2.05) is 0 Å². The van der Waals surface area contributed by atoms with Gasteiger partial charge in [-0.15, -0.1) is 0 Å². The van der Waals surface area contributed by atoms with Crippen molar-refractivity contribution in [1.82, 2.24) is 19.9 Å². The molecule has 0 aromatic carbocycles. The Morgan fingerprint density at radius 2 is 2.00 bits per heavy atom. The zero-order valence-corrected chi connectivity index (χ0v) is 10.4. The number of carbonyl (C=O) groups is 1. The molecule has 0 unspecified atom stereocenters. The van der Waals surface area contributed by atoms with Crippen molar-refractivity contribution in [3.8, 4) is 0 Å². The van der Waals surface area contributed by atoms with E-state index in [0.29, 0.717) is 22.2 Å². The van der Waals surface area contributed by atoms with Gasteiger partial charge in [0.05, 0.1) is 5.75 Å². The first-order valence-electron chi connectivity index (χ1n) is 4.27. The fourth-order valence-electron chi connectivity index (χ4n) is 1.01. The van der Waals surface area contributed by atoms with Gasteiger partial charge in [0.25, 0.3) is 0 Å². The first kappa shape index (κ1) is 11.6. The quantitative estimate of drug-likeness (QED) is 0.872. The Bertz CT molecular complexity index is 517. The number of aromatic amines is 1. The summed E-state index contributed by atoms with van der Waals surface area (Å²) in [6.07, 6.45) is 0. The van der Waals surface area contributed by atoms with Gasteiger partial charge in [-0.05, 0) is 6.92 Å². The Labute approximate surface area is 105 Å². The predicted octanol–water partition coefficient (Wildman–Crippen LogP) is 2.34. The molecule has 2 heterocycles. The molecular formula is C8H6Cl2N4OS. The summed E-state index contributed by atoms with van der Waals surface area (Å²) in [5.74, 6) is 0.420. The highest BCUT2D eigenvalue weighted by Gasteiger charge is 2.10. The van der Waals surface area contributed by atoms with Crippen LogP contribution < -0.4 is 0 Å². The van der Waals surface area contributed by atoms with Gasteiger partial charge in [-0.3, -0.25) is 4.79 Å². The molecule has 0 aliphatic rings. The summed E-state index contributed by atoms with van der Waals surface area (Å²) < 4.78 is 0. The molecule has 16 heavy (non-hydrogen) atoms. The Morgan fingerprint density at radius 3 is 2.69 bits per heavy atom. The van der Waals surface area contributed by atoms with Crippen LogP contribution in [-0.2, 0) is 4.79 Å². The average molecular weight is 277 g/mol. The summed E-state index contributed by atoms with van der Waals surface area (Å²) in [5, 5.41) is 0.813. The van der Waals surface area contributed by atoms with E-state index in [9.17, 15) is 4.79 Å². The molecule has 0 radical (unpaired) electrons. The second kappa shape index (κ2) is 4.57. The van der Waals surface area contributed by atoms with Gasteiger partial charge in [0.1, 0.15) is 5.78 Å². The lowest BCUT2D eigenvalue weighted by Gasteiger charge is -1.91. The average Bonchev–Trinajstić information content (AvgIpc) is 2.58. The predicted molar refractivity (Wildman–Crippen MR) is 63.1 cm³/mol. The number of fused-ring (bicyclic) bond motifs is 1. The maximum absolute atomic E-state index is 10.8. The number of carbonyl (C=O) groups excluding carboxylic acids is 1. The SMILES string of the molecule is CC(=O)CSc1nc2nc(Cl)c(Cl)nc2[nH]1. The number of H-pyrrole nitrogens is 1. The van der Waals surface area contributed by atoms with Crippen LogP contribution in [0.2, 0.25) is 10.3 Å². The summed E-state index contributed by atoms with van der Waals surface area (Å²) in [4.78, 5) is 25.8. The van der Waals surface area contributed by atoms with E-state index in [1.165, 1.54) is 18.7 Å². The first-order chi connectivity index (χ1) is 7.56. The molecule has 2 aromatic rings. The number of ketones is 1. The van der Waals surface area contributed by atoms with Crippen LogP contribution in [-0.4, -0.2) is 31.5 Å². The highest BCUT2D eigenvalue weighted by molar-refractivity contribution is 7.99. The van der Waals surface area contributed by atoms with Gasteiger partial charge in [-0.2, -0.15) is 0 Å². The van der Waals surface area contributed by atoms with E-state index in [0.717, 1.165) is 0 Å². The molecule has 0 saturated heterocycles. The monoisotopic (exact) mass is 276 g/mol. The molecule has 0 amide bonds. The number of halogens is 2. The Kier molecular flexibility index (Phi) is 3.32. The second-order valence-electron chi connectivity index (χ2n) is 3.01. The van der Waals surface area contributed by atoms with E-state index in [4.69, 9.17) is 23.2 Å². The van der Waals surface area contributed by atoms with E-state index in [-0.39, 0.29) is 16.1 Å². The van der Waals surface area contributed by atoms with Gasteiger partial charge in [0.2, 0.25) is 0 Å². The van der Waals surface area contributed by atoms with Crippen LogP contribution >= 0.6 is 35.0 Å². The second-order valence-corrected chi connectivity index (χ2v) is 4.69. The van der Waals surface area contributed by atoms with Crippen LogP contribution in [0, 0.1) is 0 Å². The van der Waals surface area contributed by atoms with Crippen molar-refractivity contribution in [2.24, 2.45) is 0 Å². The number of aromatic nitrogens is 4. The van der Waals surface area contributed by atoms with Crippen molar-refractivity contribution in [2.75, 3.05) is 5.75 Å². The third-order valence-electron chi connectivity index (χ3n) is 1.64. The highest BCUT2D eigenvalue weighted by atomic mass is 35.5. The minimum atomic E-state index is 0.0717. The van der Waals surface area contributed by atoms with Crippen LogP contribution in [0.15, 0.2) is 5.16 Å². The zero-order valence-electron chi connectivity index (χ0n) is 8.12. The van der Waals surface area contributed by atoms with Gasteiger partial charge in [-0.1, -0.05) is 35.0 Å². The third kappa shape index (κ3) is 2.45. The number of imidazole rings is 1. The van der Waals surface area contributed by atoms with Crippen molar-refractivity contribution < 1.29 is 4.79 Å². The molecule has 2 rings (SSSR count). The summed E-state index contributed by atoms with van der Waals surface area (Å²) >= 11 is 12.7. The van der Waals surface area contributed by atoms with Crippen LogP contribution in [0.1, 0.15) is 6.92 Å². The van der Waals surface area contributed by atoms with Gasteiger partial charge in [0, 0.05) is 0 Å². The van der Waals surface area contributed by atoms with Crippen LogP contribution in [0.25, 0.3) is 11.3 Å². The molecule has 84 valence electrons. The zero-order chi connectivity index (χ0) is 11.7. The fourth-order valence-corrected chi connectivity index (χ4v) is 1.92.